The van der Waals surface area contributed by atoms with E-state index in [9.17, 15) is 4.39 Å². The highest BCUT2D eigenvalue weighted by atomic mass is 19.1. The molecule has 0 spiro atoms. The van der Waals surface area contributed by atoms with Crippen LogP contribution in [0.25, 0.3) is 16.9 Å². The molecule has 2 heterocycles. The molecule has 0 aliphatic carbocycles. The molecule has 0 fully saturated rings. The predicted molar refractivity (Wildman–Crippen MR) is 135 cm³/mol. The molecule has 33 heavy (non-hydrogen) atoms. The summed E-state index contributed by atoms with van der Waals surface area (Å²) in [6, 6.07) is 18.6. The molecule has 174 valence electrons. The number of halogens is 1. The van der Waals surface area contributed by atoms with Gasteiger partial charge in [0.1, 0.15) is 11.6 Å². The highest BCUT2D eigenvalue weighted by Crippen LogP contribution is 2.23. The Labute approximate surface area is 195 Å². The molecule has 0 aliphatic rings. The maximum Gasteiger partial charge on any atom is 0.154 e. The van der Waals surface area contributed by atoms with E-state index in [4.69, 9.17) is 5.73 Å². The van der Waals surface area contributed by atoms with Crippen molar-refractivity contribution in [1.82, 2.24) is 14.6 Å². The molecule has 1 atom stereocenters. The zero-order chi connectivity index (χ0) is 23.6. The van der Waals surface area contributed by atoms with Gasteiger partial charge in [-0.3, -0.25) is 0 Å². The first kappa shape index (κ1) is 24.4. The zero-order valence-electron chi connectivity index (χ0n) is 19.8. The third-order valence-corrected chi connectivity index (χ3v) is 5.48. The van der Waals surface area contributed by atoms with Crippen molar-refractivity contribution < 1.29 is 4.39 Å². The average Bonchev–Trinajstić information content (AvgIpc) is 3.24. The van der Waals surface area contributed by atoms with Gasteiger partial charge in [0.25, 0.3) is 0 Å². The van der Waals surface area contributed by atoms with Crippen LogP contribution in [0.2, 0.25) is 0 Å². The van der Waals surface area contributed by atoms with Gasteiger partial charge in [-0.05, 0) is 56.6 Å². The van der Waals surface area contributed by atoms with Crippen molar-refractivity contribution in [1.29, 1.82) is 0 Å². The number of nitrogens with one attached hydrogen (secondary N) is 1. The third kappa shape index (κ3) is 6.86. The molecule has 4 aromatic rings. The van der Waals surface area contributed by atoms with Crippen LogP contribution in [0.15, 0.2) is 66.9 Å². The summed E-state index contributed by atoms with van der Waals surface area (Å²) in [5, 5.41) is 8.00. The number of fused-ring (bicyclic) bond motifs is 1. The van der Waals surface area contributed by atoms with E-state index >= 15 is 0 Å². The molecule has 0 amide bonds. The Morgan fingerprint density at radius 2 is 1.82 bits per heavy atom. The van der Waals surface area contributed by atoms with Gasteiger partial charge in [0.2, 0.25) is 0 Å². The smallest absolute Gasteiger partial charge is 0.154 e. The van der Waals surface area contributed by atoms with Crippen LogP contribution in [0.3, 0.4) is 0 Å². The van der Waals surface area contributed by atoms with Gasteiger partial charge >= 0.3 is 0 Å². The molecule has 0 aliphatic heterocycles. The molecule has 6 heteroatoms. The lowest BCUT2D eigenvalue weighted by Gasteiger charge is -2.15. The summed E-state index contributed by atoms with van der Waals surface area (Å²) in [4.78, 5) is 4.43. The van der Waals surface area contributed by atoms with Crippen molar-refractivity contribution >= 4 is 11.5 Å². The van der Waals surface area contributed by atoms with Crippen LogP contribution in [0, 0.1) is 12.7 Å². The second-order valence-electron chi connectivity index (χ2n) is 8.27. The average molecular weight is 448 g/mol. The van der Waals surface area contributed by atoms with E-state index in [0.717, 1.165) is 29.0 Å². The van der Waals surface area contributed by atoms with Gasteiger partial charge in [-0.15, -0.1) is 5.10 Å². The third-order valence-electron chi connectivity index (χ3n) is 5.48. The fourth-order valence-corrected chi connectivity index (χ4v) is 3.52. The Morgan fingerprint density at radius 1 is 1.03 bits per heavy atom. The molecule has 5 nitrogen and oxygen atoms in total. The van der Waals surface area contributed by atoms with Crippen LogP contribution in [0.5, 0.6) is 0 Å². The molecule has 1 unspecified atom stereocenters. The van der Waals surface area contributed by atoms with Gasteiger partial charge in [0.05, 0.1) is 17.9 Å². The highest BCUT2D eigenvalue weighted by molar-refractivity contribution is 5.64. The van der Waals surface area contributed by atoms with Crippen molar-refractivity contribution in [3.8, 4) is 11.3 Å². The van der Waals surface area contributed by atoms with E-state index in [-0.39, 0.29) is 11.9 Å². The molecule has 2 aromatic carbocycles. The summed E-state index contributed by atoms with van der Waals surface area (Å²) in [7, 11) is 0. The summed E-state index contributed by atoms with van der Waals surface area (Å²) in [5.41, 5.74) is 10.1. The van der Waals surface area contributed by atoms with Crippen molar-refractivity contribution in [3.63, 3.8) is 0 Å². The largest absolute Gasteiger partial charge is 0.362 e. The first-order chi connectivity index (χ1) is 16.0. The predicted octanol–water partition coefficient (Wildman–Crippen LogP) is 6.54. The SMILES string of the molecule is CCCCCCN.Cc1ccc(-c2cnc3ccc(NC(C)c4cccc(F)c4)nn23)cc1. The number of rotatable bonds is 8. The summed E-state index contributed by atoms with van der Waals surface area (Å²) in [6.07, 6.45) is 6.99. The van der Waals surface area contributed by atoms with E-state index in [1.54, 1.807) is 6.07 Å². The van der Waals surface area contributed by atoms with Crippen molar-refractivity contribution in [2.24, 2.45) is 5.73 Å². The maximum absolute atomic E-state index is 13.4. The first-order valence-corrected chi connectivity index (χ1v) is 11.7. The standard InChI is InChI=1S/C21H19FN4.C6H15N/c1-14-6-8-16(9-7-14)19-13-23-21-11-10-20(25-26(19)21)24-15(2)17-4-3-5-18(22)12-17;1-2-3-4-5-6-7/h3-13,15H,1-2H3,(H,24,25);2-7H2,1H3. The quantitative estimate of drug-likeness (QED) is 0.301. The van der Waals surface area contributed by atoms with E-state index in [2.05, 4.69) is 53.5 Å². The zero-order valence-corrected chi connectivity index (χ0v) is 19.8. The van der Waals surface area contributed by atoms with Crippen LogP contribution < -0.4 is 11.1 Å². The second-order valence-corrected chi connectivity index (χ2v) is 8.27. The lowest BCUT2D eigenvalue weighted by molar-refractivity contribution is 0.623. The maximum atomic E-state index is 13.4. The number of aryl methyl sites for hydroxylation is 1. The van der Waals surface area contributed by atoms with Gasteiger partial charge in [0, 0.05) is 5.56 Å². The molecule has 4 rings (SSSR count). The second kappa shape index (κ2) is 12.1. The Hall–Kier alpha value is -3.25. The number of hydrogen-bond donors (Lipinski definition) is 2. The summed E-state index contributed by atoms with van der Waals surface area (Å²) in [5.74, 6) is 0.469. The monoisotopic (exact) mass is 447 g/mol. The molecular weight excluding hydrogens is 413 g/mol. The van der Waals surface area contributed by atoms with Gasteiger partial charge in [-0.2, -0.15) is 0 Å². The summed E-state index contributed by atoms with van der Waals surface area (Å²) in [6.45, 7) is 7.11. The van der Waals surface area contributed by atoms with Crippen molar-refractivity contribution in [3.05, 3.63) is 83.8 Å². The van der Waals surface area contributed by atoms with Gasteiger partial charge in [-0.1, -0.05) is 68.1 Å². The molecule has 0 saturated carbocycles. The minimum Gasteiger partial charge on any atom is -0.362 e. The lowest BCUT2D eigenvalue weighted by atomic mass is 10.1. The van der Waals surface area contributed by atoms with E-state index in [1.165, 1.54) is 43.4 Å². The van der Waals surface area contributed by atoms with Crippen LogP contribution >= 0.6 is 0 Å². The number of anilines is 1. The first-order valence-electron chi connectivity index (χ1n) is 11.7. The minimum atomic E-state index is -0.240. The summed E-state index contributed by atoms with van der Waals surface area (Å²) >= 11 is 0. The number of aromatic nitrogens is 3. The van der Waals surface area contributed by atoms with Crippen molar-refractivity contribution in [2.45, 2.75) is 52.5 Å². The lowest BCUT2D eigenvalue weighted by Crippen LogP contribution is -2.09. The van der Waals surface area contributed by atoms with Crippen LogP contribution in [0.1, 0.15) is 56.7 Å². The topological polar surface area (TPSA) is 68.2 Å². The van der Waals surface area contributed by atoms with Gasteiger partial charge < -0.3 is 11.1 Å². The van der Waals surface area contributed by atoms with Crippen molar-refractivity contribution in [2.75, 3.05) is 11.9 Å². The van der Waals surface area contributed by atoms with E-state index < -0.39 is 0 Å². The number of nitrogens with zero attached hydrogens (tertiary/aromatic N) is 3. The molecule has 2 aromatic heterocycles. The number of nitrogens with two attached hydrogens (primary N) is 1. The van der Waals surface area contributed by atoms with E-state index in [0.29, 0.717) is 5.82 Å². The van der Waals surface area contributed by atoms with Crippen LogP contribution in [-0.4, -0.2) is 21.1 Å². The number of hydrogen-bond acceptors (Lipinski definition) is 4. The molecular formula is C27H34FN5. The van der Waals surface area contributed by atoms with Crippen LogP contribution in [-0.2, 0) is 0 Å². The Kier molecular flexibility index (Phi) is 8.95. The molecule has 0 saturated heterocycles. The Balaban J connectivity index is 0.000000383. The molecule has 0 radical (unpaired) electrons. The van der Waals surface area contributed by atoms with Crippen LogP contribution in [0.4, 0.5) is 10.2 Å². The fraction of sp³-hybridized carbons (Fsp3) is 0.333. The Bertz CT molecular complexity index is 1130. The number of imidazole rings is 1. The molecule has 3 N–H and O–H groups in total. The summed E-state index contributed by atoms with van der Waals surface area (Å²) < 4.78 is 15.3. The molecule has 0 bridgehead atoms. The van der Waals surface area contributed by atoms with Gasteiger partial charge in [0.15, 0.2) is 5.65 Å². The minimum absolute atomic E-state index is 0.0676. The number of unbranched alkanes of at least 4 members (excludes halogenated alkanes) is 3. The van der Waals surface area contributed by atoms with Gasteiger partial charge in [-0.25, -0.2) is 13.9 Å². The number of benzene rings is 2. The van der Waals surface area contributed by atoms with E-state index in [1.807, 2.05) is 35.8 Å². The normalized spacial score (nSPS) is 11.7. The highest BCUT2D eigenvalue weighted by Gasteiger charge is 2.11. The Morgan fingerprint density at radius 3 is 2.52 bits per heavy atom. The fourth-order valence-electron chi connectivity index (χ4n) is 3.52.